The molecule has 1 aromatic carbocycles. The third kappa shape index (κ3) is 6.11. The second-order valence-electron chi connectivity index (χ2n) is 6.57. The molecule has 1 aliphatic heterocycles. The van der Waals surface area contributed by atoms with E-state index in [2.05, 4.69) is 18.6 Å². The number of rotatable bonds is 6. The number of nitrogens with zero attached hydrogens (tertiary/aromatic N) is 1. The lowest BCUT2D eigenvalue weighted by Crippen LogP contribution is -2.43. The van der Waals surface area contributed by atoms with Crippen LogP contribution in [0.1, 0.15) is 37.0 Å². The highest BCUT2D eigenvalue weighted by Crippen LogP contribution is 2.24. The topological polar surface area (TPSA) is 66.5 Å². The van der Waals surface area contributed by atoms with Crippen LogP contribution in [-0.4, -0.2) is 50.4 Å². The monoisotopic (exact) mass is 370 g/mol. The van der Waals surface area contributed by atoms with Gasteiger partial charge in [-0.05, 0) is 43.0 Å². The van der Waals surface area contributed by atoms with E-state index in [0.29, 0.717) is 23.9 Å². The molecule has 1 unspecified atom stereocenters. The lowest BCUT2D eigenvalue weighted by atomic mass is 9.97. The number of piperidine rings is 1. The first-order chi connectivity index (χ1) is 11.2. The van der Waals surface area contributed by atoms with Crippen LogP contribution in [0.4, 0.5) is 0 Å². The average Bonchev–Trinajstić information content (AvgIpc) is 2.52. The number of thioether (sulfide) groups is 1. The number of carbonyl (C=O) groups excluding carboxylic acids is 1. The normalized spacial score (nSPS) is 18.8. The molecular formula is C17H26N2O3S2. The summed E-state index contributed by atoms with van der Waals surface area (Å²) >= 11 is 1.77. The quantitative estimate of drug-likeness (QED) is 0.782. The van der Waals surface area contributed by atoms with Crippen molar-refractivity contribution >= 4 is 27.7 Å². The number of carbonyl (C=O) groups is 1. The molecule has 1 N–H and O–H groups in total. The molecule has 2 rings (SSSR count). The van der Waals surface area contributed by atoms with Crippen molar-refractivity contribution in [2.75, 3.05) is 25.9 Å². The van der Waals surface area contributed by atoms with Gasteiger partial charge in [-0.15, -0.1) is 11.8 Å². The number of likely N-dealkylation sites (tertiary alicyclic amines) is 1. The first-order valence-electron chi connectivity index (χ1n) is 8.25. The zero-order valence-corrected chi connectivity index (χ0v) is 16.1. The van der Waals surface area contributed by atoms with Gasteiger partial charge in [0.05, 0.1) is 6.26 Å². The largest absolute Gasteiger partial charge is 0.338 e. The molecule has 0 spiro atoms. The minimum Gasteiger partial charge on any atom is -0.338 e. The van der Waals surface area contributed by atoms with Gasteiger partial charge in [0, 0.05) is 35.3 Å². The van der Waals surface area contributed by atoms with Crippen molar-refractivity contribution < 1.29 is 13.2 Å². The van der Waals surface area contributed by atoms with Gasteiger partial charge in [0.2, 0.25) is 10.0 Å². The third-order valence-corrected chi connectivity index (χ3v) is 5.62. The fraction of sp³-hybridized carbons (Fsp3) is 0.588. The molecule has 1 aliphatic rings. The molecule has 1 fully saturated rings. The van der Waals surface area contributed by atoms with Crippen molar-refractivity contribution in [3.63, 3.8) is 0 Å². The van der Waals surface area contributed by atoms with Crippen molar-refractivity contribution in [2.24, 2.45) is 5.92 Å². The van der Waals surface area contributed by atoms with E-state index in [1.165, 1.54) is 0 Å². The second kappa shape index (κ2) is 8.36. The maximum absolute atomic E-state index is 12.7. The number of nitrogens with one attached hydrogen (secondary N) is 1. The van der Waals surface area contributed by atoms with Gasteiger partial charge in [-0.1, -0.05) is 13.8 Å². The van der Waals surface area contributed by atoms with Gasteiger partial charge < -0.3 is 4.90 Å². The fourth-order valence-electron chi connectivity index (χ4n) is 2.82. The SMILES string of the molecule is CC(C)Sc1ccc(C(=O)N2CCCC(CNS(C)(=O)=O)C2)cc1. The number of benzene rings is 1. The van der Waals surface area contributed by atoms with Crippen molar-refractivity contribution in [2.45, 2.75) is 36.8 Å². The molecule has 7 heteroatoms. The van der Waals surface area contributed by atoms with Gasteiger partial charge >= 0.3 is 0 Å². The molecule has 1 heterocycles. The zero-order valence-electron chi connectivity index (χ0n) is 14.5. The predicted molar refractivity (Wildman–Crippen MR) is 98.9 cm³/mol. The summed E-state index contributed by atoms with van der Waals surface area (Å²) in [5.41, 5.74) is 0.694. The van der Waals surface area contributed by atoms with Gasteiger partial charge in [0.15, 0.2) is 0 Å². The summed E-state index contributed by atoms with van der Waals surface area (Å²) in [4.78, 5) is 15.7. The molecular weight excluding hydrogens is 344 g/mol. The highest BCUT2D eigenvalue weighted by atomic mass is 32.2. The molecule has 1 amide bonds. The predicted octanol–water partition coefficient (Wildman–Crippen LogP) is 2.59. The molecule has 0 aliphatic carbocycles. The van der Waals surface area contributed by atoms with Crippen molar-refractivity contribution in [1.82, 2.24) is 9.62 Å². The molecule has 1 saturated heterocycles. The Labute approximate surface area is 149 Å². The number of hydrogen-bond acceptors (Lipinski definition) is 4. The molecule has 0 aromatic heterocycles. The standard InChI is InChI=1S/C17H26N2O3S2/c1-13(2)23-16-8-6-15(7-9-16)17(20)19-10-4-5-14(12-19)11-18-24(3,21)22/h6-9,13-14,18H,4-5,10-12H2,1-3H3. The summed E-state index contributed by atoms with van der Waals surface area (Å²) in [6.45, 7) is 6.01. The fourth-order valence-corrected chi connectivity index (χ4v) is 4.19. The Bertz CT molecular complexity index is 657. The summed E-state index contributed by atoms with van der Waals surface area (Å²) < 4.78 is 25.0. The molecule has 1 aromatic rings. The summed E-state index contributed by atoms with van der Waals surface area (Å²) in [6.07, 6.45) is 3.01. The van der Waals surface area contributed by atoms with E-state index in [9.17, 15) is 13.2 Å². The Balaban J connectivity index is 1.96. The maximum atomic E-state index is 12.7. The molecule has 0 saturated carbocycles. The van der Waals surface area contributed by atoms with E-state index < -0.39 is 10.0 Å². The van der Waals surface area contributed by atoms with E-state index in [-0.39, 0.29) is 11.8 Å². The van der Waals surface area contributed by atoms with Crippen LogP contribution in [0.5, 0.6) is 0 Å². The van der Waals surface area contributed by atoms with Crippen molar-refractivity contribution in [3.8, 4) is 0 Å². The minimum absolute atomic E-state index is 0.0279. The number of sulfonamides is 1. The second-order valence-corrected chi connectivity index (χ2v) is 10.1. The van der Waals surface area contributed by atoms with Gasteiger partial charge in [0.25, 0.3) is 5.91 Å². The summed E-state index contributed by atoms with van der Waals surface area (Å²) in [5, 5.41) is 0.511. The van der Waals surface area contributed by atoms with E-state index in [1.807, 2.05) is 29.2 Å². The molecule has 24 heavy (non-hydrogen) atoms. The van der Waals surface area contributed by atoms with Crippen molar-refractivity contribution in [3.05, 3.63) is 29.8 Å². The van der Waals surface area contributed by atoms with E-state index in [1.54, 1.807) is 11.8 Å². The first kappa shape index (κ1) is 19.3. The first-order valence-corrected chi connectivity index (χ1v) is 11.0. The van der Waals surface area contributed by atoms with Gasteiger partial charge in [-0.25, -0.2) is 13.1 Å². The minimum atomic E-state index is -3.18. The molecule has 0 radical (unpaired) electrons. The highest BCUT2D eigenvalue weighted by molar-refractivity contribution is 7.99. The molecule has 5 nitrogen and oxygen atoms in total. The Hall–Kier alpha value is -1.05. The van der Waals surface area contributed by atoms with Crippen LogP contribution in [0.2, 0.25) is 0 Å². The number of hydrogen-bond donors (Lipinski definition) is 1. The molecule has 1 atom stereocenters. The molecule has 134 valence electrons. The highest BCUT2D eigenvalue weighted by Gasteiger charge is 2.25. The Morgan fingerprint density at radius 1 is 1.33 bits per heavy atom. The van der Waals surface area contributed by atoms with Gasteiger partial charge in [0.1, 0.15) is 0 Å². The van der Waals surface area contributed by atoms with E-state index in [0.717, 1.165) is 30.5 Å². The van der Waals surface area contributed by atoms with Crippen LogP contribution in [0.3, 0.4) is 0 Å². The smallest absolute Gasteiger partial charge is 0.253 e. The van der Waals surface area contributed by atoms with E-state index in [4.69, 9.17) is 0 Å². The summed E-state index contributed by atoms with van der Waals surface area (Å²) in [6, 6.07) is 7.74. The summed E-state index contributed by atoms with van der Waals surface area (Å²) in [7, 11) is -3.18. The third-order valence-electron chi connectivity index (χ3n) is 3.91. The van der Waals surface area contributed by atoms with Crippen LogP contribution in [0.25, 0.3) is 0 Å². The van der Waals surface area contributed by atoms with E-state index >= 15 is 0 Å². The van der Waals surface area contributed by atoms with Crippen LogP contribution in [0.15, 0.2) is 29.2 Å². The van der Waals surface area contributed by atoms with Crippen LogP contribution >= 0.6 is 11.8 Å². The zero-order chi connectivity index (χ0) is 17.7. The van der Waals surface area contributed by atoms with Gasteiger partial charge in [-0.2, -0.15) is 0 Å². The summed E-state index contributed by atoms with van der Waals surface area (Å²) in [5.74, 6) is 0.202. The molecule has 0 bridgehead atoms. The van der Waals surface area contributed by atoms with Crippen molar-refractivity contribution in [1.29, 1.82) is 0 Å². The van der Waals surface area contributed by atoms with Crippen LogP contribution in [-0.2, 0) is 10.0 Å². The van der Waals surface area contributed by atoms with Crippen LogP contribution in [0, 0.1) is 5.92 Å². The van der Waals surface area contributed by atoms with Crippen LogP contribution < -0.4 is 4.72 Å². The lowest BCUT2D eigenvalue weighted by molar-refractivity contribution is 0.0676. The number of amides is 1. The average molecular weight is 371 g/mol. The Morgan fingerprint density at radius 2 is 2.00 bits per heavy atom. The van der Waals surface area contributed by atoms with Gasteiger partial charge in [-0.3, -0.25) is 4.79 Å². The lowest BCUT2D eigenvalue weighted by Gasteiger charge is -2.32. The maximum Gasteiger partial charge on any atom is 0.253 e. The Kier molecular flexibility index (Phi) is 6.71. The Morgan fingerprint density at radius 3 is 2.58 bits per heavy atom.